The van der Waals surface area contributed by atoms with Crippen molar-refractivity contribution in [1.29, 1.82) is 0 Å². The van der Waals surface area contributed by atoms with Gasteiger partial charge in [-0.15, -0.1) is 10.2 Å². The Bertz CT molecular complexity index is 1340. The molecule has 0 aliphatic heterocycles. The third kappa shape index (κ3) is 7.24. The SMILES string of the molecule is CCCCC(=O)NC(Cc1ccccc1)c1nnc(SCc2cccc(C)c2)n1-c1cc(Cl)ccc1C. The smallest absolute Gasteiger partial charge is 0.220 e. The molecule has 4 aromatic rings. The zero-order valence-corrected chi connectivity index (χ0v) is 23.1. The number of nitrogens with one attached hydrogen (secondary N) is 1. The number of carbonyl (C=O) groups is 1. The number of amides is 1. The van der Waals surface area contributed by atoms with E-state index in [2.05, 4.69) is 77.3 Å². The fourth-order valence-corrected chi connectivity index (χ4v) is 5.32. The van der Waals surface area contributed by atoms with Crippen LogP contribution in [0.15, 0.2) is 78.0 Å². The molecule has 37 heavy (non-hydrogen) atoms. The van der Waals surface area contributed by atoms with E-state index in [0.717, 1.165) is 40.6 Å². The van der Waals surface area contributed by atoms with Gasteiger partial charge in [0, 0.05) is 17.2 Å². The number of rotatable bonds is 11. The molecule has 0 fully saturated rings. The van der Waals surface area contributed by atoms with Gasteiger partial charge in [-0.05, 0) is 55.5 Å². The Morgan fingerprint density at radius 3 is 2.54 bits per heavy atom. The van der Waals surface area contributed by atoms with Gasteiger partial charge in [-0.1, -0.05) is 103 Å². The summed E-state index contributed by atoms with van der Waals surface area (Å²) in [5.74, 6) is 1.48. The Labute approximate surface area is 228 Å². The number of unbranched alkanes of at least 4 members (excludes halogenated alkanes) is 1. The van der Waals surface area contributed by atoms with Crippen LogP contribution in [0.2, 0.25) is 5.02 Å². The molecule has 1 N–H and O–H groups in total. The van der Waals surface area contributed by atoms with Crippen LogP contribution in [0.4, 0.5) is 0 Å². The second kappa shape index (κ2) is 12.9. The van der Waals surface area contributed by atoms with Crippen LogP contribution in [0.3, 0.4) is 0 Å². The third-order valence-electron chi connectivity index (χ3n) is 6.21. The summed E-state index contributed by atoms with van der Waals surface area (Å²) in [7, 11) is 0. The lowest BCUT2D eigenvalue weighted by molar-refractivity contribution is -0.122. The van der Waals surface area contributed by atoms with Crippen LogP contribution in [-0.4, -0.2) is 20.7 Å². The summed E-state index contributed by atoms with van der Waals surface area (Å²) < 4.78 is 2.06. The number of aryl methyl sites for hydroxylation is 2. The van der Waals surface area contributed by atoms with Gasteiger partial charge in [0.25, 0.3) is 0 Å². The molecule has 0 saturated heterocycles. The van der Waals surface area contributed by atoms with Crippen LogP contribution in [0.5, 0.6) is 0 Å². The van der Waals surface area contributed by atoms with Crippen molar-refractivity contribution >= 4 is 29.3 Å². The summed E-state index contributed by atoms with van der Waals surface area (Å²) in [4.78, 5) is 12.9. The molecule has 0 aliphatic rings. The minimum atomic E-state index is -0.342. The van der Waals surface area contributed by atoms with E-state index in [1.54, 1.807) is 11.8 Å². The Kier molecular flexibility index (Phi) is 9.42. The van der Waals surface area contributed by atoms with Crippen molar-refractivity contribution in [3.8, 4) is 5.69 Å². The molecule has 1 heterocycles. The van der Waals surface area contributed by atoms with Gasteiger partial charge in [-0.3, -0.25) is 9.36 Å². The maximum Gasteiger partial charge on any atom is 0.220 e. The first-order chi connectivity index (χ1) is 17.9. The summed E-state index contributed by atoms with van der Waals surface area (Å²) >= 11 is 8.08. The van der Waals surface area contributed by atoms with Crippen molar-refractivity contribution < 1.29 is 4.79 Å². The molecular formula is C30H33ClN4OS. The van der Waals surface area contributed by atoms with Crippen LogP contribution in [0.25, 0.3) is 5.69 Å². The fourth-order valence-electron chi connectivity index (χ4n) is 4.26. The highest BCUT2D eigenvalue weighted by atomic mass is 35.5. The Balaban J connectivity index is 1.75. The van der Waals surface area contributed by atoms with Crippen molar-refractivity contribution in [2.75, 3.05) is 0 Å². The van der Waals surface area contributed by atoms with E-state index in [0.29, 0.717) is 23.7 Å². The van der Waals surface area contributed by atoms with Crippen LogP contribution in [-0.2, 0) is 17.0 Å². The molecule has 4 rings (SSSR count). The molecular weight excluding hydrogens is 500 g/mol. The lowest BCUT2D eigenvalue weighted by Crippen LogP contribution is -2.32. The topological polar surface area (TPSA) is 59.8 Å². The molecule has 1 atom stereocenters. The Morgan fingerprint density at radius 2 is 1.78 bits per heavy atom. The summed E-state index contributed by atoms with van der Waals surface area (Å²) in [5.41, 5.74) is 5.54. The second-order valence-corrected chi connectivity index (χ2v) is 10.7. The number of hydrogen-bond donors (Lipinski definition) is 1. The first kappa shape index (κ1) is 27.0. The van der Waals surface area contributed by atoms with Crippen molar-refractivity contribution in [1.82, 2.24) is 20.1 Å². The fraction of sp³-hybridized carbons (Fsp3) is 0.300. The Morgan fingerprint density at radius 1 is 1.00 bits per heavy atom. The lowest BCUT2D eigenvalue weighted by Gasteiger charge is -2.21. The highest BCUT2D eigenvalue weighted by Gasteiger charge is 2.25. The molecule has 3 aromatic carbocycles. The lowest BCUT2D eigenvalue weighted by atomic mass is 10.0. The van der Waals surface area contributed by atoms with Crippen molar-refractivity contribution in [2.24, 2.45) is 0 Å². The predicted octanol–water partition coefficient (Wildman–Crippen LogP) is 7.42. The first-order valence-electron chi connectivity index (χ1n) is 12.7. The highest BCUT2D eigenvalue weighted by Crippen LogP contribution is 2.31. The van der Waals surface area contributed by atoms with Crippen LogP contribution < -0.4 is 5.32 Å². The standard InChI is InChI=1S/C30H33ClN4OS/c1-4-5-14-28(36)32-26(18-23-11-7-6-8-12-23)29-33-34-30(37-20-24-13-9-10-21(2)17-24)35(29)27-19-25(31)16-15-22(27)3/h6-13,15-17,19,26H,4-5,14,18,20H2,1-3H3,(H,32,36). The van der Waals surface area contributed by atoms with E-state index in [9.17, 15) is 4.79 Å². The normalized spacial score (nSPS) is 11.9. The zero-order valence-electron chi connectivity index (χ0n) is 21.6. The zero-order chi connectivity index (χ0) is 26.2. The minimum Gasteiger partial charge on any atom is -0.346 e. The van der Waals surface area contributed by atoms with E-state index < -0.39 is 0 Å². The third-order valence-corrected chi connectivity index (χ3v) is 7.44. The molecule has 1 amide bonds. The van der Waals surface area contributed by atoms with Gasteiger partial charge in [-0.25, -0.2) is 0 Å². The summed E-state index contributed by atoms with van der Waals surface area (Å²) in [5, 5.41) is 13.9. The van der Waals surface area contributed by atoms with Gasteiger partial charge < -0.3 is 5.32 Å². The molecule has 7 heteroatoms. The van der Waals surface area contributed by atoms with Gasteiger partial charge in [0.05, 0.1) is 11.7 Å². The molecule has 0 radical (unpaired) electrons. The van der Waals surface area contributed by atoms with Crippen molar-refractivity contribution in [2.45, 2.75) is 63.4 Å². The minimum absolute atomic E-state index is 0.0223. The summed E-state index contributed by atoms with van der Waals surface area (Å²) in [6.45, 7) is 6.24. The second-order valence-electron chi connectivity index (χ2n) is 9.30. The van der Waals surface area contributed by atoms with Crippen molar-refractivity contribution in [3.63, 3.8) is 0 Å². The number of thioether (sulfide) groups is 1. The number of benzene rings is 3. The van der Waals surface area contributed by atoms with Crippen LogP contribution in [0.1, 0.15) is 60.3 Å². The summed E-state index contributed by atoms with van der Waals surface area (Å²) in [6.07, 6.45) is 2.91. The van der Waals surface area contributed by atoms with Gasteiger partial charge >= 0.3 is 0 Å². The summed E-state index contributed by atoms with van der Waals surface area (Å²) in [6, 6.07) is 24.1. The van der Waals surface area contributed by atoms with E-state index in [1.807, 2.05) is 36.4 Å². The maximum absolute atomic E-state index is 12.9. The monoisotopic (exact) mass is 532 g/mol. The van der Waals surface area contributed by atoms with E-state index in [1.165, 1.54) is 11.1 Å². The van der Waals surface area contributed by atoms with Gasteiger partial charge in [0.1, 0.15) is 0 Å². The van der Waals surface area contributed by atoms with Crippen LogP contribution in [0, 0.1) is 13.8 Å². The number of hydrogen-bond acceptors (Lipinski definition) is 4. The number of carbonyl (C=O) groups excluding carboxylic acids is 1. The molecule has 5 nitrogen and oxygen atoms in total. The predicted molar refractivity (Wildman–Crippen MR) is 152 cm³/mol. The molecule has 0 spiro atoms. The van der Waals surface area contributed by atoms with Gasteiger partial charge in [0.2, 0.25) is 5.91 Å². The van der Waals surface area contributed by atoms with E-state index in [4.69, 9.17) is 11.6 Å². The maximum atomic E-state index is 12.9. The number of halogens is 1. The highest BCUT2D eigenvalue weighted by molar-refractivity contribution is 7.98. The molecule has 1 unspecified atom stereocenters. The van der Waals surface area contributed by atoms with E-state index >= 15 is 0 Å². The average Bonchev–Trinajstić information content (AvgIpc) is 3.31. The average molecular weight is 533 g/mol. The van der Waals surface area contributed by atoms with Crippen molar-refractivity contribution in [3.05, 3.63) is 106 Å². The number of nitrogens with zero attached hydrogens (tertiary/aromatic N) is 3. The first-order valence-corrected chi connectivity index (χ1v) is 14.0. The van der Waals surface area contributed by atoms with Gasteiger partial charge in [-0.2, -0.15) is 0 Å². The molecule has 0 saturated carbocycles. The quantitative estimate of drug-likeness (QED) is 0.204. The molecule has 192 valence electrons. The largest absolute Gasteiger partial charge is 0.346 e. The molecule has 1 aromatic heterocycles. The number of aromatic nitrogens is 3. The molecule has 0 bridgehead atoms. The Hall–Kier alpha value is -3.09. The van der Waals surface area contributed by atoms with E-state index in [-0.39, 0.29) is 11.9 Å². The van der Waals surface area contributed by atoms with Gasteiger partial charge in [0.15, 0.2) is 11.0 Å². The van der Waals surface area contributed by atoms with Crippen LogP contribution >= 0.6 is 23.4 Å². The molecule has 0 aliphatic carbocycles.